The van der Waals surface area contributed by atoms with Gasteiger partial charge in [0.2, 0.25) is 0 Å². The second kappa shape index (κ2) is 11.2. The molecule has 1 aromatic heterocycles. The summed E-state index contributed by atoms with van der Waals surface area (Å²) in [6.45, 7) is 3.43. The summed E-state index contributed by atoms with van der Waals surface area (Å²) in [5.41, 5.74) is 0.613. The molecule has 28 heavy (non-hydrogen) atoms. The number of amides is 1. The van der Waals surface area contributed by atoms with Gasteiger partial charge in [-0.25, -0.2) is 0 Å². The van der Waals surface area contributed by atoms with Crippen LogP contribution in [0.5, 0.6) is 0 Å². The topological polar surface area (TPSA) is 65.5 Å². The van der Waals surface area contributed by atoms with Crippen molar-refractivity contribution < 1.29 is 18.0 Å². The van der Waals surface area contributed by atoms with Crippen molar-refractivity contribution in [2.24, 2.45) is 4.99 Å². The van der Waals surface area contributed by atoms with Crippen molar-refractivity contribution in [3.05, 3.63) is 57.3 Å². The first-order valence-electron chi connectivity index (χ1n) is 8.24. The maximum atomic E-state index is 12.5. The first kappa shape index (κ1) is 24.2. The van der Waals surface area contributed by atoms with Crippen molar-refractivity contribution in [3.8, 4) is 0 Å². The maximum Gasteiger partial charge on any atom is 0.416 e. The molecule has 0 saturated heterocycles. The van der Waals surface area contributed by atoms with E-state index in [4.69, 9.17) is 0 Å². The zero-order valence-electron chi connectivity index (χ0n) is 15.4. The van der Waals surface area contributed by atoms with Crippen LogP contribution in [0, 0.1) is 6.92 Å². The Labute approximate surface area is 182 Å². The fourth-order valence-electron chi connectivity index (χ4n) is 2.24. The number of hydrogen-bond acceptors (Lipinski definition) is 3. The number of thiophene rings is 1. The van der Waals surface area contributed by atoms with E-state index in [2.05, 4.69) is 27.0 Å². The van der Waals surface area contributed by atoms with E-state index in [9.17, 15) is 18.0 Å². The molecule has 0 unspecified atom stereocenters. The Morgan fingerprint density at radius 2 is 1.71 bits per heavy atom. The maximum absolute atomic E-state index is 12.5. The van der Waals surface area contributed by atoms with Crippen molar-refractivity contribution in [1.82, 2.24) is 16.0 Å². The number of benzene rings is 1. The molecule has 0 aliphatic rings. The molecular formula is C18H22F3IN4OS. The minimum atomic E-state index is -4.41. The monoisotopic (exact) mass is 526 g/mol. The van der Waals surface area contributed by atoms with Crippen LogP contribution in [0.25, 0.3) is 0 Å². The molecule has 1 aromatic carbocycles. The number of nitrogens with one attached hydrogen (secondary N) is 3. The molecular weight excluding hydrogens is 504 g/mol. The van der Waals surface area contributed by atoms with Gasteiger partial charge in [0, 0.05) is 30.6 Å². The second-order valence-electron chi connectivity index (χ2n) is 5.71. The Bertz CT molecular complexity index is 791. The van der Waals surface area contributed by atoms with Crippen molar-refractivity contribution in [2.75, 3.05) is 20.1 Å². The van der Waals surface area contributed by atoms with Crippen LogP contribution in [0.3, 0.4) is 0 Å². The summed E-state index contributed by atoms with van der Waals surface area (Å²) in [6, 6.07) is 6.16. The number of guanidine groups is 1. The van der Waals surface area contributed by atoms with Gasteiger partial charge in [0.05, 0.1) is 12.1 Å². The quantitative estimate of drug-likeness (QED) is 0.232. The summed E-state index contributed by atoms with van der Waals surface area (Å²) in [7, 11) is 1.65. The Hall–Kier alpha value is -1.82. The van der Waals surface area contributed by atoms with Gasteiger partial charge < -0.3 is 16.0 Å². The standard InChI is InChI=1S/C18H21F3N4OS.HI/c1-12-7-10-27-15(12)11-25-17(22-2)24-9-8-23-16(26)13-3-5-14(6-4-13)18(19,20)21;/h3-7,10H,8-9,11H2,1-2H3,(H,23,26)(H2,22,24,25);1H. The number of rotatable bonds is 6. The van der Waals surface area contributed by atoms with Crippen LogP contribution >= 0.6 is 35.3 Å². The fourth-order valence-corrected chi connectivity index (χ4v) is 3.09. The molecule has 5 nitrogen and oxygen atoms in total. The highest BCUT2D eigenvalue weighted by atomic mass is 127. The predicted molar refractivity (Wildman–Crippen MR) is 116 cm³/mol. The third-order valence-electron chi connectivity index (χ3n) is 3.79. The largest absolute Gasteiger partial charge is 0.416 e. The molecule has 1 heterocycles. The van der Waals surface area contributed by atoms with Crippen LogP contribution < -0.4 is 16.0 Å². The summed E-state index contributed by atoms with van der Waals surface area (Å²) in [6.07, 6.45) is -4.41. The minimum absolute atomic E-state index is 0. The number of alkyl halides is 3. The molecule has 0 saturated carbocycles. The molecule has 154 valence electrons. The van der Waals surface area contributed by atoms with E-state index in [1.807, 2.05) is 12.3 Å². The molecule has 1 amide bonds. The number of aryl methyl sites for hydroxylation is 1. The highest BCUT2D eigenvalue weighted by Crippen LogP contribution is 2.29. The normalized spacial score (nSPS) is 11.5. The smallest absolute Gasteiger partial charge is 0.355 e. The SMILES string of the molecule is CN=C(NCCNC(=O)c1ccc(C(F)(F)F)cc1)NCc1sccc1C.I. The third kappa shape index (κ3) is 7.30. The van der Waals surface area contributed by atoms with E-state index in [0.717, 1.165) is 24.3 Å². The molecule has 0 radical (unpaired) electrons. The second-order valence-corrected chi connectivity index (χ2v) is 6.71. The molecule has 0 atom stereocenters. The molecule has 2 aromatic rings. The average Bonchev–Trinajstić information content (AvgIpc) is 3.05. The molecule has 2 rings (SSSR count). The van der Waals surface area contributed by atoms with E-state index >= 15 is 0 Å². The predicted octanol–water partition coefficient (Wildman–Crippen LogP) is 3.79. The van der Waals surface area contributed by atoms with Gasteiger partial charge in [-0.3, -0.25) is 9.79 Å². The average molecular weight is 526 g/mol. The first-order valence-corrected chi connectivity index (χ1v) is 9.12. The first-order chi connectivity index (χ1) is 12.8. The lowest BCUT2D eigenvalue weighted by Crippen LogP contribution is -2.41. The summed E-state index contributed by atoms with van der Waals surface area (Å²) < 4.78 is 37.6. The van der Waals surface area contributed by atoms with Gasteiger partial charge in [-0.2, -0.15) is 13.2 Å². The van der Waals surface area contributed by atoms with E-state index in [1.54, 1.807) is 18.4 Å². The Morgan fingerprint density at radius 3 is 2.25 bits per heavy atom. The summed E-state index contributed by atoms with van der Waals surface area (Å²) >= 11 is 1.66. The summed E-state index contributed by atoms with van der Waals surface area (Å²) in [4.78, 5) is 17.3. The number of carbonyl (C=O) groups is 1. The lowest BCUT2D eigenvalue weighted by atomic mass is 10.1. The van der Waals surface area contributed by atoms with Gasteiger partial charge in [-0.1, -0.05) is 0 Å². The van der Waals surface area contributed by atoms with E-state index in [1.165, 1.54) is 10.4 Å². The van der Waals surface area contributed by atoms with Gasteiger partial charge >= 0.3 is 6.18 Å². The Balaban J connectivity index is 0.00000392. The Morgan fingerprint density at radius 1 is 1.07 bits per heavy atom. The molecule has 0 aliphatic heterocycles. The van der Waals surface area contributed by atoms with E-state index in [0.29, 0.717) is 25.6 Å². The van der Waals surface area contributed by atoms with Gasteiger partial charge in [0.15, 0.2) is 5.96 Å². The lowest BCUT2D eigenvalue weighted by Gasteiger charge is -2.12. The number of carbonyl (C=O) groups excluding carboxylic acids is 1. The fraction of sp³-hybridized carbons (Fsp3) is 0.333. The van der Waals surface area contributed by atoms with Crippen LogP contribution in [0.15, 0.2) is 40.7 Å². The zero-order chi connectivity index (χ0) is 19.9. The number of halogens is 4. The third-order valence-corrected chi connectivity index (χ3v) is 4.81. The number of aliphatic imine (C=N–C) groups is 1. The van der Waals surface area contributed by atoms with Crippen LogP contribution in [0.2, 0.25) is 0 Å². The van der Waals surface area contributed by atoms with Crippen LogP contribution in [-0.4, -0.2) is 32.0 Å². The van der Waals surface area contributed by atoms with Gasteiger partial charge in [-0.05, 0) is 48.2 Å². The molecule has 3 N–H and O–H groups in total. The van der Waals surface area contributed by atoms with Crippen molar-refractivity contribution >= 4 is 47.2 Å². The van der Waals surface area contributed by atoms with Gasteiger partial charge in [0.1, 0.15) is 0 Å². The van der Waals surface area contributed by atoms with Crippen LogP contribution in [0.4, 0.5) is 13.2 Å². The minimum Gasteiger partial charge on any atom is -0.355 e. The highest BCUT2D eigenvalue weighted by molar-refractivity contribution is 14.0. The van der Waals surface area contributed by atoms with E-state index in [-0.39, 0.29) is 29.5 Å². The molecule has 0 bridgehead atoms. The van der Waals surface area contributed by atoms with Crippen LogP contribution in [-0.2, 0) is 12.7 Å². The number of hydrogen-bond donors (Lipinski definition) is 3. The van der Waals surface area contributed by atoms with Gasteiger partial charge in [0.25, 0.3) is 5.91 Å². The van der Waals surface area contributed by atoms with Crippen LogP contribution in [0.1, 0.15) is 26.4 Å². The molecule has 0 spiro atoms. The molecule has 10 heteroatoms. The lowest BCUT2D eigenvalue weighted by molar-refractivity contribution is -0.137. The van der Waals surface area contributed by atoms with Crippen molar-refractivity contribution in [1.29, 1.82) is 0 Å². The highest BCUT2D eigenvalue weighted by Gasteiger charge is 2.30. The van der Waals surface area contributed by atoms with Gasteiger partial charge in [-0.15, -0.1) is 35.3 Å². The summed E-state index contributed by atoms with van der Waals surface area (Å²) in [5.74, 6) is 0.175. The summed E-state index contributed by atoms with van der Waals surface area (Å²) in [5, 5.41) is 10.9. The van der Waals surface area contributed by atoms with Crippen molar-refractivity contribution in [3.63, 3.8) is 0 Å². The molecule has 0 fully saturated rings. The molecule has 0 aliphatic carbocycles. The number of nitrogens with zero attached hydrogens (tertiary/aromatic N) is 1. The van der Waals surface area contributed by atoms with Crippen molar-refractivity contribution in [2.45, 2.75) is 19.6 Å². The zero-order valence-corrected chi connectivity index (χ0v) is 18.5. The van der Waals surface area contributed by atoms with E-state index < -0.39 is 17.6 Å². The Kier molecular flexibility index (Phi) is 9.73.